The predicted molar refractivity (Wildman–Crippen MR) is 168 cm³/mol. The normalized spacial score (nSPS) is 14.1. The van der Waals surface area contributed by atoms with Gasteiger partial charge in [0.25, 0.3) is 0 Å². The van der Waals surface area contributed by atoms with E-state index in [2.05, 4.69) is 21.3 Å². The lowest BCUT2D eigenvalue weighted by atomic mass is 10.0. The Labute approximate surface area is 255 Å². The maximum atomic E-state index is 13.3. The Balaban J connectivity index is 2.09. The third-order valence-corrected chi connectivity index (χ3v) is 7.18. The summed E-state index contributed by atoms with van der Waals surface area (Å²) in [5.74, 6) is -1.73. The number of aliphatic hydroxyl groups excluding tert-OH is 1. The minimum absolute atomic E-state index is 0.168. The molecule has 43 heavy (non-hydrogen) atoms. The average molecular weight is 599 g/mol. The SMILES string of the molecule is CC(C)CC(NCC(Cc1ccccc1)NC(=O)C(CO)NC(=O)C(CCCCN)NCc1ccc(CN)cc1)C(=O)O. The van der Waals surface area contributed by atoms with Gasteiger partial charge in [-0.05, 0) is 54.8 Å². The van der Waals surface area contributed by atoms with E-state index < -0.39 is 48.6 Å². The van der Waals surface area contributed by atoms with Gasteiger partial charge in [0.2, 0.25) is 11.8 Å². The minimum Gasteiger partial charge on any atom is -0.480 e. The van der Waals surface area contributed by atoms with Crippen molar-refractivity contribution in [3.8, 4) is 0 Å². The molecule has 0 fully saturated rings. The number of aliphatic hydroxyl groups is 1. The van der Waals surface area contributed by atoms with Gasteiger partial charge in [-0.15, -0.1) is 0 Å². The van der Waals surface area contributed by atoms with E-state index in [0.717, 1.165) is 29.5 Å². The summed E-state index contributed by atoms with van der Waals surface area (Å²) >= 11 is 0. The fraction of sp³-hybridized carbons (Fsp3) is 0.531. The summed E-state index contributed by atoms with van der Waals surface area (Å²) < 4.78 is 0. The molecule has 0 saturated carbocycles. The molecule has 0 aliphatic rings. The molecule has 0 spiro atoms. The molecule has 0 saturated heterocycles. The second kappa shape index (κ2) is 19.8. The van der Waals surface area contributed by atoms with Crippen LogP contribution in [0.1, 0.15) is 56.2 Å². The van der Waals surface area contributed by atoms with Crippen molar-refractivity contribution in [2.75, 3.05) is 19.7 Å². The van der Waals surface area contributed by atoms with E-state index in [4.69, 9.17) is 11.5 Å². The monoisotopic (exact) mass is 598 g/mol. The molecular weight excluding hydrogens is 548 g/mol. The number of benzene rings is 2. The lowest BCUT2D eigenvalue weighted by Crippen LogP contribution is -2.57. The maximum absolute atomic E-state index is 13.3. The fourth-order valence-corrected chi connectivity index (χ4v) is 4.72. The number of carboxylic acids is 1. The number of rotatable bonds is 21. The molecular formula is C32H50N6O5. The maximum Gasteiger partial charge on any atom is 0.320 e. The van der Waals surface area contributed by atoms with Gasteiger partial charge < -0.3 is 42.9 Å². The summed E-state index contributed by atoms with van der Waals surface area (Å²) in [6.45, 7) is 4.90. The van der Waals surface area contributed by atoms with Crippen LogP contribution in [0.2, 0.25) is 0 Å². The highest BCUT2D eigenvalue weighted by Gasteiger charge is 2.27. The van der Waals surface area contributed by atoms with Gasteiger partial charge in [0.15, 0.2) is 0 Å². The summed E-state index contributed by atoms with van der Waals surface area (Å²) in [4.78, 5) is 38.4. The first-order valence-electron chi connectivity index (χ1n) is 15.1. The molecule has 0 aromatic heterocycles. The van der Waals surface area contributed by atoms with Crippen LogP contribution in [-0.2, 0) is 33.9 Å². The van der Waals surface area contributed by atoms with Crippen LogP contribution in [-0.4, -0.2) is 71.9 Å². The zero-order valence-electron chi connectivity index (χ0n) is 25.4. The van der Waals surface area contributed by atoms with E-state index >= 15 is 0 Å². The van der Waals surface area contributed by atoms with Crippen LogP contribution < -0.4 is 32.7 Å². The Morgan fingerprint density at radius 2 is 1.44 bits per heavy atom. The minimum atomic E-state index is -1.18. The van der Waals surface area contributed by atoms with Gasteiger partial charge in [-0.25, -0.2) is 0 Å². The summed E-state index contributed by atoms with van der Waals surface area (Å²) in [5.41, 5.74) is 14.3. The Hall–Kier alpha value is -3.35. The van der Waals surface area contributed by atoms with E-state index in [1.807, 2.05) is 68.4 Å². The van der Waals surface area contributed by atoms with Crippen molar-refractivity contribution in [1.29, 1.82) is 0 Å². The number of hydrogen-bond acceptors (Lipinski definition) is 8. The van der Waals surface area contributed by atoms with Crippen molar-refractivity contribution in [2.24, 2.45) is 17.4 Å². The number of carbonyl (C=O) groups is 3. The van der Waals surface area contributed by atoms with Crippen LogP contribution >= 0.6 is 0 Å². The molecule has 0 bridgehead atoms. The Morgan fingerprint density at radius 3 is 2.02 bits per heavy atom. The average Bonchev–Trinajstić information content (AvgIpc) is 2.99. The smallest absolute Gasteiger partial charge is 0.320 e. The lowest BCUT2D eigenvalue weighted by molar-refractivity contribution is -0.140. The lowest BCUT2D eigenvalue weighted by Gasteiger charge is -2.26. The predicted octanol–water partition coefficient (Wildman–Crippen LogP) is 1.03. The van der Waals surface area contributed by atoms with Crippen molar-refractivity contribution in [2.45, 2.75) is 83.2 Å². The van der Waals surface area contributed by atoms with Gasteiger partial charge in [-0.2, -0.15) is 0 Å². The van der Waals surface area contributed by atoms with E-state index in [1.54, 1.807) is 0 Å². The van der Waals surface area contributed by atoms with Crippen LogP contribution in [0.15, 0.2) is 54.6 Å². The van der Waals surface area contributed by atoms with Crippen LogP contribution in [0.5, 0.6) is 0 Å². The molecule has 4 unspecified atom stereocenters. The van der Waals surface area contributed by atoms with Crippen LogP contribution in [0.25, 0.3) is 0 Å². The molecule has 0 aliphatic carbocycles. The number of carbonyl (C=O) groups excluding carboxylic acids is 2. The van der Waals surface area contributed by atoms with Crippen molar-refractivity contribution in [1.82, 2.24) is 21.3 Å². The topological polar surface area (TPSA) is 192 Å². The molecule has 2 aromatic rings. The third-order valence-electron chi connectivity index (χ3n) is 7.18. The highest BCUT2D eigenvalue weighted by Crippen LogP contribution is 2.09. The van der Waals surface area contributed by atoms with Crippen LogP contribution in [0.4, 0.5) is 0 Å². The first kappa shape index (κ1) is 35.8. The standard InChI is InChI=1S/C32H50N6O5/c1-22(2)16-28(32(42)43)36-20-26(17-23-8-4-3-5-9-23)37-31(41)29(21-39)38-30(40)27(10-6-7-15-33)35-19-25-13-11-24(18-34)12-14-25/h3-5,8-9,11-14,22,26-29,35-36,39H,6-7,10,15-21,33-34H2,1-2H3,(H,37,41)(H,38,40)(H,42,43). The molecule has 0 radical (unpaired) electrons. The first-order chi connectivity index (χ1) is 20.7. The summed E-state index contributed by atoms with van der Waals surface area (Å²) in [5, 5.41) is 31.7. The van der Waals surface area contributed by atoms with Gasteiger partial charge >= 0.3 is 5.97 Å². The van der Waals surface area contributed by atoms with Crippen LogP contribution in [0, 0.1) is 5.92 Å². The molecule has 0 aliphatic heterocycles. The number of nitrogens with two attached hydrogens (primary N) is 2. The highest BCUT2D eigenvalue weighted by atomic mass is 16.4. The van der Waals surface area contributed by atoms with Crippen molar-refractivity contribution < 1.29 is 24.6 Å². The number of carboxylic acid groups (broad SMARTS) is 1. The number of aliphatic carboxylic acids is 1. The number of nitrogens with one attached hydrogen (secondary N) is 4. The summed E-state index contributed by atoms with van der Waals surface area (Å²) in [6.07, 6.45) is 2.85. The van der Waals surface area contributed by atoms with E-state index in [9.17, 15) is 24.6 Å². The van der Waals surface area contributed by atoms with Gasteiger partial charge in [-0.1, -0.05) is 74.9 Å². The fourth-order valence-electron chi connectivity index (χ4n) is 4.72. The third kappa shape index (κ3) is 13.7. The largest absolute Gasteiger partial charge is 0.480 e. The molecule has 10 N–H and O–H groups in total. The molecule has 2 amide bonds. The second-order valence-electron chi connectivity index (χ2n) is 11.3. The second-order valence-corrected chi connectivity index (χ2v) is 11.3. The zero-order valence-corrected chi connectivity index (χ0v) is 25.4. The number of hydrogen-bond donors (Lipinski definition) is 8. The first-order valence-corrected chi connectivity index (χ1v) is 15.1. The Morgan fingerprint density at radius 1 is 0.791 bits per heavy atom. The van der Waals surface area contributed by atoms with Gasteiger partial charge in [0, 0.05) is 25.7 Å². The Bertz CT molecular complexity index is 1100. The molecule has 2 aromatic carbocycles. The number of amides is 2. The van der Waals surface area contributed by atoms with Gasteiger partial charge in [0.1, 0.15) is 12.1 Å². The Kier molecular flexibility index (Phi) is 16.5. The van der Waals surface area contributed by atoms with Crippen LogP contribution in [0.3, 0.4) is 0 Å². The van der Waals surface area contributed by atoms with E-state index in [1.165, 1.54) is 0 Å². The van der Waals surface area contributed by atoms with Gasteiger partial charge in [0.05, 0.1) is 12.6 Å². The van der Waals surface area contributed by atoms with E-state index in [0.29, 0.717) is 38.9 Å². The molecule has 0 heterocycles. The highest BCUT2D eigenvalue weighted by molar-refractivity contribution is 5.90. The molecule has 238 valence electrons. The quantitative estimate of drug-likeness (QED) is 0.0969. The van der Waals surface area contributed by atoms with E-state index in [-0.39, 0.29) is 12.5 Å². The van der Waals surface area contributed by atoms with Crippen molar-refractivity contribution in [3.63, 3.8) is 0 Å². The summed E-state index contributed by atoms with van der Waals surface area (Å²) in [7, 11) is 0. The van der Waals surface area contributed by atoms with Gasteiger partial charge in [-0.3, -0.25) is 14.4 Å². The zero-order chi connectivity index (χ0) is 31.6. The molecule has 2 rings (SSSR count). The van der Waals surface area contributed by atoms with Crippen molar-refractivity contribution in [3.05, 3.63) is 71.3 Å². The molecule has 4 atom stereocenters. The van der Waals surface area contributed by atoms with Crippen molar-refractivity contribution >= 4 is 17.8 Å². The molecule has 11 heteroatoms. The summed E-state index contributed by atoms with van der Waals surface area (Å²) in [6, 6.07) is 14.3. The molecule has 11 nitrogen and oxygen atoms in total. The number of unbranched alkanes of at least 4 members (excludes halogenated alkanes) is 1.